The Balaban J connectivity index is 1.77. The fourth-order valence-electron chi connectivity index (χ4n) is 2.68. The predicted octanol–water partition coefficient (Wildman–Crippen LogP) is 4.30. The predicted molar refractivity (Wildman–Crippen MR) is 95.9 cm³/mol. The van der Waals surface area contributed by atoms with Crippen LogP contribution in [0.15, 0.2) is 72.8 Å². The van der Waals surface area contributed by atoms with Crippen molar-refractivity contribution in [3.63, 3.8) is 0 Å². The second-order valence-corrected chi connectivity index (χ2v) is 5.72. The number of amides is 1. The molecule has 0 saturated heterocycles. The number of para-hydroxylation sites is 1. The first-order chi connectivity index (χ1) is 11.6. The van der Waals surface area contributed by atoms with Crippen LogP contribution in [0.4, 0.5) is 0 Å². The highest BCUT2D eigenvalue weighted by molar-refractivity contribution is 5.96. The summed E-state index contributed by atoms with van der Waals surface area (Å²) in [5.74, 6) is 0.137. The first-order valence-corrected chi connectivity index (χ1v) is 7.86. The molecule has 0 unspecified atom stereocenters. The maximum absolute atomic E-state index is 12.4. The number of rotatable bonds is 4. The van der Waals surface area contributed by atoms with Gasteiger partial charge in [-0.05, 0) is 35.7 Å². The molecule has 0 aliphatic rings. The van der Waals surface area contributed by atoms with E-state index >= 15 is 0 Å². The van der Waals surface area contributed by atoms with Crippen LogP contribution in [0, 0.1) is 6.92 Å². The Morgan fingerprint density at radius 3 is 2.38 bits per heavy atom. The number of aryl methyl sites for hydroxylation is 1. The quantitative estimate of drug-likeness (QED) is 0.754. The molecule has 0 spiro atoms. The van der Waals surface area contributed by atoms with Crippen LogP contribution in [0.25, 0.3) is 11.1 Å². The first-order valence-electron chi connectivity index (χ1n) is 7.86. The van der Waals surface area contributed by atoms with Gasteiger partial charge in [0.15, 0.2) is 0 Å². The second-order valence-electron chi connectivity index (χ2n) is 5.72. The van der Waals surface area contributed by atoms with E-state index < -0.39 is 0 Å². The fourth-order valence-corrected chi connectivity index (χ4v) is 2.68. The zero-order valence-corrected chi connectivity index (χ0v) is 13.5. The maximum atomic E-state index is 12.4. The summed E-state index contributed by atoms with van der Waals surface area (Å²) in [7, 11) is 0. The number of carbonyl (C=O) groups is 1. The zero-order valence-electron chi connectivity index (χ0n) is 13.5. The van der Waals surface area contributed by atoms with Crippen molar-refractivity contribution >= 4 is 5.91 Å². The Kier molecular flexibility index (Phi) is 4.62. The molecule has 0 aromatic heterocycles. The minimum absolute atomic E-state index is 0.0970. The molecule has 24 heavy (non-hydrogen) atoms. The molecule has 0 saturated carbocycles. The molecule has 0 aliphatic carbocycles. The molecule has 2 N–H and O–H groups in total. The van der Waals surface area contributed by atoms with Gasteiger partial charge in [0.05, 0.1) is 0 Å². The molecule has 0 atom stereocenters. The molecule has 3 rings (SSSR count). The zero-order chi connectivity index (χ0) is 16.9. The summed E-state index contributed by atoms with van der Waals surface area (Å²) < 4.78 is 0. The van der Waals surface area contributed by atoms with Gasteiger partial charge in [0, 0.05) is 17.7 Å². The van der Waals surface area contributed by atoms with Gasteiger partial charge in [0.25, 0.3) is 5.91 Å². The van der Waals surface area contributed by atoms with Gasteiger partial charge < -0.3 is 10.4 Å². The summed E-state index contributed by atoms with van der Waals surface area (Å²) in [6.07, 6.45) is 0. The molecule has 0 heterocycles. The third-order valence-electron chi connectivity index (χ3n) is 3.98. The minimum atomic E-state index is -0.0970. The number of phenolic OH excluding ortho intramolecular Hbond substituents is 1. The molecular formula is C21H19NO2. The number of carbonyl (C=O) groups excluding carboxylic acids is 1. The van der Waals surface area contributed by atoms with Crippen LogP contribution in [-0.4, -0.2) is 11.0 Å². The van der Waals surface area contributed by atoms with Gasteiger partial charge in [-0.3, -0.25) is 4.79 Å². The van der Waals surface area contributed by atoms with Crippen LogP contribution in [0.1, 0.15) is 21.5 Å². The van der Waals surface area contributed by atoms with Gasteiger partial charge in [-0.15, -0.1) is 0 Å². The van der Waals surface area contributed by atoms with E-state index in [1.54, 1.807) is 18.2 Å². The van der Waals surface area contributed by atoms with Crippen molar-refractivity contribution in [1.29, 1.82) is 0 Å². The lowest BCUT2D eigenvalue weighted by molar-refractivity contribution is 0.0950. The molecule has 3 aromatic carbocycles. The minimum Gasteiger partial charge on any atom is -0.507 e. The smallest absolute Gasteiger partial charge is 0.251 e. The Hall–Kier alpha value is -3.07. The van der Waals surface area contributed by atoms with Crippen molar-refractivity contribution in [2.75, 3.05) is 0 Å². The lowest BCUT2D eigenvalue weighted by Gasteiger charge is -2.10. The number of hydrogen-bond donors (Lipinski definition) is 2. The van der Waals surface area contributed by atoms with Crippen LogP contribution in [0.2, 0.25) is 0 Å². The lowest BCUT2D eigenvalue weighted by Crippen LogP contribution is -2.23. The fraction of sp³-hybridized carbons (Fsp3) is 0.0952. The average Bonchev–Trinajstić information content (AvgIpc) is 2.61. The van der Waals surface area contributed by atoms with Crippen molar-refractivity contribution in [3.8, 4) is 16.9 Å². The molecular weight excluding hydrogens is 298 g/mol. The largest absolute Gasteiger partial charge is 0.507 e. The van der Waals surface area contributed by atoms with Crippen LogP contribution >= 0.6 is 0 Å². The molecule has 0 bridgehead atoms. The van der Waals surface area contributed by atoms with E-state index in [0.29, 0.717) is 12.1 Å². The van der Waals surface area contributed by atoms with Gasteiger partial charge in [-0.25, -0.2) is 0 Å². The van der Waals surface area contributed by atoms with Gasteiger partial charge in [-0.2, -0.15) is 0 Å². The summed E-state index contributed by atoms with van der Waals surface area (Å²) in [6.45, 7) is 2.40. The topological polar surface area (TPSA) is 49.3 Å². The Morgan fingerprint density at radius 1 is 0.958 bits per heavy atom. The van der Waals surface area contributed by atoms with Crippen molar-refractivity contribution in [3.05, 3.63) is 89.5 Å². The van der Waals surface area contributed by atoms with E-state index in [1.807, 2.05) is 61.5 Å². The van der Waals surface area contributed by atoms with Crippen LogP contribution in [-0.2, 0) is 6.54 Å². The Bertz CT molecular complexity index is 857. The van der Waals surface area contributed by atoms with Crippen molar-refractivity contribution in [2.45, 2.75) is 13.5 Å². The normalized spacial score (nSPS) is 10.4. The van der Waals surface area contributed by atoms with E-state index in [0.717, 1.165) is 22.3 Å². The monoisotopic (exact) mass is 317 g/mol. The van der Waals surface area contributed by atoms with E-state index in [2.05, 4.69) is 5.32 Å². The molecule has 1 amide bonds. The van der Waals surface area contributed by atoms with Gasteiger partial charge >= 0.3 is 0 Å². The number of benzene rings is 3. The lowest BCUT2D eigenvalue weighted by atomic mass is 9.99. The van der Waals surface area contributed by atoms with Gasteiger partial charge in [0.2, 0.25) is 0 Å². The maximum Gasteiger partial charge on any atom is 0.251 e. The third kappa shape index (κ3) is 3.46. The Labute approximate surface area is 141 Å². The highest BCUT2D eigenvalue weighted by atomic mass is 16.3. The third-order valence-corrected chi connectivity index (χ3v) is 3.98. The summed E-state index contributed by atoms with van der Waals surface area (Å²) in [5, 5.41) is 12.9. The van der Waals surface area contributed by atoms with E-state index in [-0.39, 0.29) is 11.7 Å². The highest BCUT2D eigenvalue weighted by Crippen LogP contribution is 2.29. The molecule has 3 heteroatoms. The van der Waals surface area contributed by atoms with Crippen molar-refractivity contribution in [1.82, 2.24) is 5.32 Å². The van der Waals surface area contributed by atoms with Gasteiger partial charge in [-0.1, -0.05) is 60.7 Å². The summed E-state index contributed by atoms with van der Waals surface area (Å²) in [4.78, 5) is 12.4. The molecule has 0 aliphatic heterocycles. The van der Waals surface area contributed by atoms with Crippen LogP contribution in [0.3, 0.4) is 0 Å². The first kappa shape index (κ1) is 15.8. The summed E-state index contributed by atoms with van der Waals surface area (Å²) in [5.41, 5.74) is 4.24. The Morgan fingerprint density at radius 2 is 1.67 bits per heavy atom. The van der Waals surface area contributed by atoms with Crippen LogP contribution < -0.4 is 5.32 Å². The summed E-state index contributed by atoms with van der Waals surface area (Å²) in [6, 6.07) is 22.6. The molecule has 3 aromatic rings. The van der Waals surface area contributed by atoms with E-state index in [1.165, 1.54) is 0 Å². The molecule has 0 fully saturated rings. The molecule has 3 nitrogen and oxygen atoms in total. The second kappa shape index (κ2) is 7.01. The SMILES string of the molecule is Cc1cc(-c2ccccc2O)ccc1C(=O)NCc1ccccc1. The van der Waals surface area contributed by atoms with Crippen LogP contribution in [0.5, 0.6) is 5.75 Å². The average molecular weight is 317 g/mol. The summed E-state index contributed by atoms with van der Waals surface area (Å²) >= 11 is 0. The number of hydrogen-bond acceptors (Lipinski definition) is 2. The molecule has 0 radical (unpaired) electrons. The van der Waals surface area contributed by atoms with E-state index in [9.17, 15) is 9.90 Å². The van der Waals surface area contributed by atoms with Gasteiger partial charge in [0.1, 0.15) is 5.75 Å². The number of nitrogens with one attached hydrogen (secondary N) is 1. The number of aromatic hydroxyl groups is 1. The van der Waals surface area contributed by atoms with Crippen molar-refractivity contribution in [2.24, 2.45) is 0 Å². The number of phenols is 1. The van der Waals surface area contributed by atoms with Crippen molar-refractivity contribution < 1.29 is 9.90 Å². The standard InChI is InChI=1S/C21H19NO2/c1-15-13-17(19-9-5-6-10-20(19)23)11-12-18(15)21(24)22-14-16-7-3-2-4-8-16/h2-13,23H,14H2,1H3,(H,22,24). The van der Waals surface area contributed by atoms with E-state index in [4.69, 9.17) is 0 Å². The molecule has 120 valence electrons. The highest BCUT2D eigenvalue weighted by Gasteiger charge is 2.11.